The number of amides is 1. The molecule has 3 nitrogen and oxygen atoms in total. The number of aromatic hydroxyl groups is 1. The minimum Gasteiger partial charge on any atom is -0.507 e. The number of benzene rings is 2. The molecule has 2 aromatic rings. The summed E-state index contributed by atoms with van der Waals surface area (Å²) < 4.78 is 0. The molecule has 0 fully saturated rings. The highest BCUT2D eigenvalue weighted by molar-refractivity contribution is 6.06. The average Bonchev–Trinajstić information content (AvgIpc) is 2.47. The van der Waals surface area contributed by atoms with Gasteiger partial charge in [0, 0.05) is 5.69 Å². The van der Waals surface area contributed by atoms with Crippen LogP contribution < -0.4 is 5.32 Å². The van der Waals surface area contributed by atoms with Crippen LogP contribution >= 0.6 is 0 Å². The van der Waals surface area contributed by atoms with Crippen molar-refractivity contribution in [2.75, 3.05) is 5.32 Å². The SMILES string of the molecule is Cc1ccc(O)c(C(=O)Nc2cc(C(C)(C)C)ccc2C(C)(C)C)c1. The molecule has 1 amide bonds. The fourth-order valence-corrected chi connectivity index (χ4v) is 2.79. The molecule has 0 aliphatic carbocycles. The van der Waals surface area contributed by atoms with E-state index in [1.807, 2.05) is 13.0 Å². The molecule has 0 atom stereocenters. The number of nitrogens with one attached hydrogen (secondary N) is 1. The third-order valence-corrected chi connectivity index (χ3v) is 4.34. The second-order valence-corrected chi connectivity index (χ2v) is 8.74. The molecule has 0 aromatic heterocycles. The summed E-state index contributed by atoms with van der Waals surface area (Å²) in [6, 6.07) is 11.3. The fourth-order valence-electron chi connectivity index (χ4n) is 2.79. The van der Waals surface area contributed by atoms with Crippen molar-refractivity contribution in [2.45, 2.75) is 59.3 Å². The van der Waals surface area contributed by atoms with Crippen molar-refractivity contribution in [2.24, 2.45) is 0 Å². The van der Waals surface area contributed by atoms with Gasteiger partial charge in [0.25, 0.3) is 5.91 Å². The Kier molecular flexibility index (Phi) is 4.99. The van der Waals surface area contributed by atoms with E-state index in [4.69, 9.17) is 0 Å². The Morgan fingerprint density at radius 1 is 0.920 bits per heavy atom. The molecule has 0 heterocycles. The van der Waals surface area contributed by atoms with E-state index in [9.17, 15) is 9.90 Å². The second-order valence-electron chi connectivity index (χ2n) is 8.74. The zero-order valence-corrected chi connectivity index (χ0v) is 16.3. The first-order chi connectivity index (χ1) is 11.4. The number of hydrogen-bond acceptors (Lipinski definition) is 2. The maximum absolute atomic E-state index is 12.8. The lowest BCUT2D eigenvalue weighted by Gasteiger charge is -2.27. The first kappa shape index (κ1) is 19.0. The number of phenols is 1. The molecule has 0 aliphatic rings. The number of anilines is 1. The zero-order chi connectivity index (χ0) is 19.0. The van der Waals surface area contributed by atoms with Gasteiger partial charge in [0.05, 0.1) is 5.56 Å². The van der Waals surface area contributed by atoms with E-state index in [2.05, 4.69) is 59.0 Å². The molecule has 0 bridgehead atoms. The van der Waals surface area contributed by atoms with Crippen LogP contribution in [0.3, 0.4) is 0 Å². The van der Waals surface area contributed by atoms with Crippen molar-refractivity contribution in [3.63, 3.8) is 0 Å². The molecule has 0 saturated carbocycles. The summed E-state index contributed by atoms with van der Waals surface area (Å²) in [5.41, 5.74) is 4.13. The second kappa shape index (κ2) is 6.55. The van der Waals surface area contributed by atoms with E-state index in [0.29, 0.717) is 5.56 Å². The molecular weight excluding hydrogens is 310 g/mol. The number of hydrogen-bond donors (Lipinski definition) is 2. The van der Waals surface area contributed by atoms with Crippen molar-refractivity contribution in [3.8, 4) is 5.75 Å². The van der Waals surface area contributed by atoms with Gasteiger partial charge < -0.3 is 10.4 Å². The molecule has 0 spiro atoms. The van der Waals surface area contributed by atoms with Crippen LogP contribution in [0.1, 0.15) is 68.6 Å². The first-order valence-corrected chi connectivity index (χ1v) is 8.65. The van der Waals surface area contributed by atoms with Gasteiger partial charge in [0.1, 0.15) is 5.75 Å². The molecular formula is C22H29NO2. The number of carbonyl (C=O) groups excluding carboxylic acids is 1. The molecule has 3 heteroatoms. The highest BCUT2D eigenvalue weighted by atomic mass is 16.3. The molecule has 0 unspecified atom stereocenters. The number of aryl methyl sites for hydroxylation is 1. The van der Waals surface area contributed by atoms with Gasteiger partial charge in [-0.2, -0.15) is 0 Å². The monoisotopic (exact) mass is 339 g/mol. The molecule has 25 heavy (non-hydrogen) atoms. The molecule has 2 aromatic carbocycles. The highest BCUT2D eigenvalue weighted by Gasteiger charge is 2.23. The van der Waals surface area contributed by atoms with E-state index in [-0.39, 0.29) is 22.5 Å². The van der Waals surface area contributed by atoms with Crippen molar-refractivity contribution in [3.05, 3.63) is 58.7 Å². The van der Waals surface area contributed by atoms with Crippen molar-refractivity contribution in [1.29, 1.82) is 0 Å². The minimum atomic E-state index is -0.294. The number of rotatable bonds is 2. The Bertz CT molecular complexity index is 793. The summed E-state index contributed by atoms with van der Waals surface area (Å²) in [6.07, 6.45) is 0. The average molecular weight is 339 g/mol. The van der Waals surface area contributed by atoms with Gasteiger partial charge in [0.2, 0.25) is 0 Å². The molecule has 134 valence electrons. The molecule has 0 aliphatic heterocycles. The highest BCUT2D eigenvalue weighted by Crippen LogP contribution is 2.34. The molecule has 0 saturated heterocycles. The Morgan fingerprint density at radius 3 is 2.12 bits per heavy atom. The van der Waals surface area contributed by atoms with E-state index >= 15 is 0 Å². The van der Waals surface area contributed by atoms with Crippen molar-refractivity contribution < 1.29 is 9.90 Å². The van der Waals surface area contributed by atoms with Gasteiger partial charge in [-0.25, -0.2) is 0 Å². The summed E-state index contributed by atoms with van der Waals surface area (Å²) in [4.78, 5) is 12.8. The standard InChI is InChI=1S/C22H29NO2/c1-14-8-11-19(24)16(12-14)20(25)23-18-13-15(21(2,3)4)9-10-17(18)22(5,6)7/h8-13,24H,1-7H3,(H,23,25). The molecule has 0 radical (unpaired) electrons. The Morgan fingerprint density at radius 2 is 1.56 bits per heavy atom. The first-order valence-electron chi connectivity index (χ1n) is 8.65. The third kappa shape index (κ3) is 4.41. The van der Waals surface area contributed by atoms with Crippen LogP contribution in [0.25, 0.3) is 0 Å². The predicted octanol–water partition coefficient (Wildman–Crippen LogP) is 5.55. The number of phenolic OH excluding ortho intramolecular Hbond substituents is 1. The van der Waals surface area contributed by atoms with Crippen LogP contribution in [0.4, 0.5) is 5.69 Å². The van der Waals surface area contributed by atoms with Crippen molar-refractivity contribution >= 4 is 11.6 Å². The normalized spacial score (nSPS) is 12.1. The van der Waals surface area contributed by atoms with Crippen molar-refractivity contribution in [1.82, 2.24) is 0 Å². The maximum Gasteiger partial charge on any atom is 0.259 e. The van der Waals surface area contributed by atoms with Gasteiger partial charge in [-0.1, -0.05) is 65.3 Å². The van der Waals surface area contributed by atoms with Gasteiger partial charge >= 0.3 is 0 Å². The van der Waals surface area contributed by atoms with Gasteiger partial charge in [-0.15, -0.1) is 0 Å². The predicted molar refractivity (Wildman–Crippen MR) is 105 cm³/mol. The fraction of sp³-hybridized carbons (Fsp3) is 0.409. The van der Waals surface area contributed by atoms with E-state index in [0.717, 1.165) is 22.4 Å². The zero-order valence-electron chi connectivity index (χ0n) is 16.3. The summed E-state index contributed by atoms with van der Waals surface area (Å²) in [5.74, 6) is -0.301. The minimum absolute atomic E-state index is 0.00705. The lowest BCUT2D eigenvalue weighted by Crippen LogP contribution is -2.21. The van der Waals surface area contributed by atoms with Gasteiger partial charge in [0.15, 0.2) is 0 Å². The molecule has 2 N–H and O–H groups in total. The van der Waals surface area contributed by atoms with Crippen LogP contribution in [0, 0.1) is 6.92 Å². The lowest BCUT2D eigenvalue weighted by atomic mass is 9.81. The van der Waals surface area contributed by atoms with E-state index in [1.165, 1.54) is 0 Å². The Hall–Kier alpha value is -2.29. The van der Waals surface area contributed by atoms with Crippen LogP contribution in [-0.2, 0) is 10.8 Å². The van der Waals surface area contributed by atoms with E-state index < -0.39 is 0 Å². The summed E-state index contributed by atoms with van der Waals surface area (Å²) >= 11 is 0. The Labute approximate surface area is 151 Å². The van der Waals surface area contributed by atoms with Crippen LogP contribution in [0.15, 0.2) is 36.4 Å². The maximum atomic E-state index is 12.8. The summed E-state index contributed by atoms with van der Waals surface area (Å²) in [6.45, 7) is 14.7. The summed E-state index contributed by atoms with van der Waals surface area (Å²) in [5, 5.41) is 13.1. The van der Waals surface area contributed by atoms with Crippen LogP contribution in [-0.4, -0.2) is 11.0 Å². The largest absolute Gasteiger partial charge is 0.507 e. The van der Waals surface area contributed by atoms with E-state index in [1.54, 1.807) is 18.2 Å². The third-order valence-electron chi connectivity index (χ3n) is 4.34. The number of carbonyl (C=O) groups is 1. The molecule has 2 rings (SSSR count). The van der Waals surface area contributed by atoms with Gasteiger partial charge in [-0.3, -0.25) is 4.79 Å². The van der Waals surface area contributed by atoms with Crippen LogP contribution in [0.2, 0.25) is 0 Å². The van der Waals surface area contributed by atoms with Gasteiger partial charge in [-0.05, 0) is 47.1 Å². The Balaban J connectivity index is 2.49. The van der Waals surface area contributed by atoms with Crippen LogP contribution in [0.5, 0.6) is 5.75 Å². The quantitative estimate of drug-likeness (QED) is 0.754. The topological polar surface area (TPSA) is 49.3 Å². The summed E-state index contributed by atoms with van der Waals surface area (Å²) in [7, 11) is 0. The lowest BCUT2D eigenvalue weighted by molar-refractivity contribution is 0.102. The smallest absolute Gasteiger partial charge is 0.259 e.